The lowest BCUT2D eigenvalue weighted by atomic mass is 9.96. The van der Waals surface area contributed by atoms with Gasteiger partial charge in [0.25, 0.3) is 0 Å². The maximum Gasteiger partial charge on any atom is 0.192 e. The molecule has 0 fully saturated rings. The molecule has 258 valence electrons. The highest BCUT2D eigenvalue weighted by Crippen LogP contribution is 2.39. The number of hydrogen-bond donors (Lipinski definition) is 1. The van der Waals surface area contributed by atoms with Crippen molar-refractivity contribution in [3.8, 4) is 0 Å². The highest BCUT2D eigenvalue weighted by atomic mass is 28.4. The summed E-state index contributed by atoms with van der Waals surface area (Å²) in [5, 5.41) is 10.5. The van der Waals surface area contributed by atoms with Gasteiger partial charge in [-0.1, -0.05) is 107 Å². The van der Waals surface area contributed by atoms with Gasteiger partial charge in [-0.25, -0.2) is 0 Å². The van der Waals surface area contributed by atoms with Crippen LogP contribution in [0.1, 0.15) is 74.1 Å². The van der Waals surface area contributed by atoms with Crippen LogP contribution in [0.15, 0.2) is 71.9 Å². The first-order valence-corrected chi connectivity index (χ1v) is 19.7. The lowest BCUT2D eigenvalue weighted by molar-refractivity contribution is -0.00198. The maximum atomic E-state index is 10.3. The van der Waals surface area contributed by atoms with Gasteiger partial charge in [0, 0.05) is 26.1 Å². The molecule has 2 heterocycles. The molecule has 0 spiro atoms. The average Bonchev–Trinajstić information content (AvgIpc) is 2.97. The average molecular weight is 647 g/mol. The van der Waals surface area contributed by atoms with Crippen molar-refractivity contribution >= 4 is 8.32 Å². The van der Waals surface area contributed by atoms with Gasteiger partial charge in [-0.3, -0.25) is 0 Å². The molecule has 6 nitrogen and oxygen atoms in total. The van der Waals surface area contributed by atoms with Crippen LogP contribution in [-0.2, 0) is 23.4 Å². The van der Waals surface area contributed by atoms with Crippen molar-refractivity contribution in [3.63, 3.8) is 0 Å². The van der Waals surface area contributed by atoms with Crippen LogP contribution in [0.2, 0.25) is 18.1 Å². The van der Waals surface area contributed by atoms with Gasteiger partial charge in [-0.15, -0.1) is 0 Å². The fourth-order valence-corrected chi connectivity index (χ4v) is 6.31. The number of hydrogen-bond acceptors (Lipinski definition) is 6. The fraction of sp³-hybridized carbons (Fsp3) is 0.684. The number of ether oxygens (including phenoxy) is 4. The lowest BCUT2D eigenvalue weighted by Crippen LogP contribution is -2.49. The first-order chi connectivity index (χ1) is 21.2. The van der Waals surface area contributed by atoms with E-state index in [2.05, 4.69) is 102 Å². The number of rotatable bonds is 4. The second kappa shape index (κ2) is 22.1. The van der Waals surface area contributed by atoms with E-state index < -0.39 is 14.4 Å². The van der Waals surface area contributed by atoms with Crippen molar-refractivity contribution in [1.29, 1.82) is 0 Å². The van der Waals surface area contributed by atoms with Crippen LogP contribution in [-0.4, -0.2) is 78.5 Å². The smallest absolute Gasteiger partial charge is 0.192 e. The van der Waals surface area contributed by atoms with Gasteiger partial charge < -0.3 is 28.5 Å². The molecule has 7 heteroatoms. The van der Waals surface area contributed by atoms with E-state index >= 15 is 0 Å². The van der Waals surface area contributed by atoms with E-state index in [0.29, 0.717) is 26.4 Å². The summed E-state index contributed by atoms with van der Waals surface area (Å²) in [7, 11) is 1.51. The van der Waals surface area contributed by atoms with E-state index in [1.54, 1.807) is 14.2 Å². The Labute approximate surface area is 277 Å². The second-order valence-corrected chi connectivity index (χ2v) is 18.7. The first-order valence-electron chi connectivity index (χ1n) is 16.8. The summed E-state index contributed by atoms with van der Waals surface area (Å²) in [4.78, 5) is 0. The molecule has 2 rings (SSSR count). The Kier molecular flexibility index (Phi) is 20.3. The summed E-state index contributed by atoms with van der Waals surface area (Å²) >= 11 is 0. The summed E-state index contributed by atoms with van der Waals surface area (Å²) in [6.45, 7) is 22.4. The van der Waals surface area contributed by atoms with E-state index in [1.165, 1.54) is 5.57 Å². The van der Waals surface area contributed by atoms with Crippen molar-refractivity contribution in [2.24, 2.45) is 11.8 Å². The van der Waals surface area contributed by atoms with Crippen LogP contribution in [0.3, 0.4) is 0 Å². The largest absolute Gasteiger partial charge is 0.410 e. The second-order valence-electron chi connectivity index (χ2n) is 14.0. The first kappa shape index (κ1) is 41.4. The van der Waals surface area contributed by atoms with Gasteiger partial charge in [0.15, 0.2) is 8.32 Å². The molecule has 0 aromatic carbocycles. The van der Waals surface area contributed by atoms with E-state index in [4.69, 9.17) is 23.4 Å². The molecule has 0 amide bonds. The van der Waals surface area contributed by atoms with Crippen LogP contribution >= 0.6 is 0 Å². The standard InChI is InChI=1S/C22H40O3Si.C16H26O3/c1-18-16-19(2)21(25-26(7,8)22(3,4)5)20(23-6)14-12-10-9-11-13-15-24-17-18;1-13-11-14(2)16(17)15(18-3)9-7-5-4-6-8-10-19-12-13/h11-14,16,19-21H,9-10,15,17H2,1-8H3;6-9,11,14-17H,4-5,10,12H2,1-3H3/b13-11+,14-12+,18-16-;8-6+,9-7+,13-11-/t19-,20+,21+;14-,15+,16+/m11/s1. The number of aliphatic hydroxyl groups is 1. The molecular formula is C38H66O6Si. The Hall–Kier alpha value is -1.58. The molecule has 45 heavy (non-hydrogen) atoms. The summed E-state index contributed by atoms with van der Waals surface area (Å²) in [6, 6.07) is 0. The number of allylic oxidation sites excluding steroid dienone is 4. The third-order valence-electron chi connectivity index (χ3n) is 8.67. The van der Waals surface area contributed by atoms with Crippen molar-refractivity contribution in [1.82, 2.24) is 0 Å². The molecular weight excluding hydrogens is 580 g/mol. The zero-order valence-electron chi connectivity index (χ0n) is 30.4. The molecule has 0 saturated heterocycles. The minimum Gasteiger partial charge on any atom is -0.410 e. The van der Waals surface area contributed by atoms with Gasteiger partial charge in [0.1, 0.15) is 12.2 Å². The zero-order chi connectivity index (χ0) is 33.9. The van der Waals surface area contributed by atoms with Gasteiger partial charge in [-0.05, 0) is 57.7 Å². The molecule has 2 aliphatic rings. The molecule has 0 unspecified atom stereocenters. The number of aliphatic hydroxyl groups excluding tert-OH is 1. The van der Waals surface area contributed by atoms with Crippen LogP contribution in [0.25, 0.3) is 0 Å². The molecule has 2 aliphatic heterocycles. The predicted molar refractivity (Wildman–Crippen MR) is 192 cm³/mol. The minimum absolute atomic E-state index is 0.00516. The molecule has 0 aromatic rings. The van der Waals surface area contributed by atoms with Crippen molar-refractivity contribution in [2.45, 2.75) is 117 Å². The van der Waals surface area contributed by atoms with Crippen molar-refractivity contribution in [3.05, 3.63) is 71.9 Å². The molecule has 0 aromatic heterocycles. The molecule has 0 bridgehead atoms. The Bertz CT molecular complexity index is 987. The van der Waals surface area contributed by atoms with Gasteiger partial charge in [-0.2, -0.15) is 0 Å². The van der Waals surface area contributed by atoms with Gasteiger partial charge in [0.05, 0.1) is 38.6 Å². The lowest BCUT2D eigenvalue weighted by Gasteiger charge is -2.42. The highest BCUT2D eigenvalue weighted by molar-refractivity contribution is 6.74. The van der Waals surface area contributed by atoms with Gasteiger partial charge in [0.2, 0.25) is 0 Å². The Morgan fingerprint density at radius 2 is 1.16 bits per heavy atom. The third kappa shape index (κ3) is 16.7. The normalized spacial score (nSPS) is 33.8. The predicted octanol–water partition coefficient (Wildman–Crippen LogP) is 8.76. The quantitative estimate of drug-likeness (QED) is 0.243. The third-order valence-corrected chi connectivity index (χ3v) is 13.1. The molecule has 6 atom stereocenters. The van der Waals surface area contributed by atoms with E-state index in [1.807, 2.05) is 19.9 Å². The van der Waals surface area contributed by atoms with E-state index in [0.717, 1.165) is 31.3 Å². The van der Waals surface area contributed by atoms with Crippen LogP contribution < -0.4 is 0 Å². The highest BCUT2D eigenvalue weighted by Gasteiger charge is 2.41. The molecule has 0 saturated carbocycles. The maximum absolute atomic E-state index is 10.3. The summed E-state index contributed by atoms with van der Waals surface area (Å²) < 4.78 is 29.3. The summed E-state index contributed by atoms with van der Waals surface area (Å²) in [6.07, 6.45) is 24.4. The fourth-order valence-electron chi connectivity index (χ4n) is 4.92. The van der Waals surface area contributed by atoms with E-state index in [-0.39, 0.29) is 35.2 Å². The molecule has 1 N–H and O–H groups in total. The Morgan fingerprint density at radius 1 is 0.711 bits per heavy atom. The van der Waals surface area contributed by atoms with Crippen LogP contribution in [0.4, 0.5) is 0 Å². The topological polar surface area (TPSA) is 66.4 Å². The van der Waals surface area contributed by atoms with Gasteiger partial charge >= 0.3 is 0 Å². The van der Waals surface area contributed by atoms with Crippen LogP contribution in [0, 0.1) is 11.8 Å². The SMILES string of the molecule is CO[C@H]1/C=C/CC/C=C/COC/C(C)=C\[C@@H](C)[C@@H]1O.CO[C@H]1/C=C/CC/C=C/COC/C(C)=C\[C@@H](C)[C@@H]1O[Si](C)(C)C(C)(C)C. The molecule has 0 radical (unpaired) electrons. The molecule has 0 aliphatic carbocycles. The monoisotopic (exact) mass is 646 g/mol. The minimum atomic E-state index is -1.91. The van der Waals surface area contributed by atoms with E-state index in [9.17, 15) is 5.11 Å². The van der Waals surface area contributed by atoms with Crippen LogP contribution in [0.5, 0.6) is 0 Å². The number of methoxy groups -OCH3 is 2. The van der Waals surface area contributed by atoms with Crippen molar-refractivity contribution in [2.75, 3.05) is 40.6 Å². The summed E-state index contributed by atoms with van der Waals surface area (Å²) in [5.74, 6) is 0.289. The Morgan fingerprint density at radius 3 is 1.62 bits per heavy atom. The Balaban J connectivity index is 0.000000472. The van der Waals surface area contributed by atoms with Crippen molar-refractivity contribution < 1.29 is 28.5 Å². The summed E-state index contributed by atoms with van der Waals surface area (Å²) in [5.41, 5.74) is 2.38. The zero-order valence-corrected chi connectivity index (χ0v) is 31.4.